The molecule has 0 aromatic heterocycles. The number of aryl methyl sites for hydroxylation is 1. The maximum atomic E-state index is 5.56. The van der Waals surface area contributed by atoms with Crippen molar-refractivity contribution in [1.29, 1.82) is 0 Å². The minimum absolute atomic E-state index is 0.556. The summed E-state index contributed by atoms with van der Waals surface area (Å²) in [4.78, 5) is 4.81. The first-order chi connectivity index (χ1) is 5.24. The van der Waals surface area contributed by atoms with E-state index >= 15 is 0 Å². The van der Waals surface area contributed by atoms with Crippen molar-refractivity contribution in [2.24, 2.45) is 5.16 Å². The SMILES string of the molecule is C=NOc1cc(C)ccc1N. The third-order valence-electron chi connectivity index (χ3n) is 1.33. The van der Waals surface area contributed by atoms with Gasteiger partial charge < -0.3 is 10.6 Å². The number of nitrogens with two attached hydrogens (primary N) is 1. The van der Waals surface area contributed by atoms with Crippen molar-refractivity contribution in [1.82, 2.24) is 0 Å². The van der Waals surface area contributed by atoms with Crippen LogP contribution in [0.3, 0.4) is 0 Å². The van der Waals surface area contributed by atoms with E-state index in [1.165, 1.54) is 0 Å². The highest BCUT2D eigenvalue weighted by Crippen LogP contribution is 2.21. The first-order valence-corrected chi connectivity index (χ1v) is 3.23. The standard InChI is InChI=1S/C8H10N2O/c1-6-3-4-7(9)8(5-6)11-10-2/h3-5H,2,9H2,1H3. The third-order valence-corrected chi connectivity index (χ3v) is 1.33. The van der Waals surface area contributed by atoms with Crippen LogP contribution in [-0.4, -0.2) is 6.72 Å². The maximum Gasteiger partial charge on any atom is 0.181 e. The van der Waals surface area contributed by atoms with Crippen LogP contribution in [0.1, 0.15) is 5.56 Å². The summed E-state index contributed by atoms with van der Waals surface area (Å²) in [6.07, 6.45) is 0. The number of rotatable bonds is 2. The summed E-state index contributed by atoms with van der Waals surface area (Å²) in [5.41, 5.74) is 7.22. The minimum Gasteiger partial charge on any atom is -0.396 e. The lowest BCUT2D eigenvalue weighted by molar-refractivity contribution is 0.347. The zero-order valence-electron chi connectivity index (χ0n) is 6.37. The number of benzene rings is 1. The molecule has 0 spiro atoms. The number of anilines is 1. The predicted molar refractivity (Wildman–Crippen MR) is 45.8 cm³/mol. The van der Waals surface area contributed by atoms with Gasteiger partial charge in [0, 0.05) is 6.72 Å². The fraction of sp³-hybridized carbons (Fsp3) is 0.125. The second kappa shape index (κ2) is 3.05. The first-order valence-electron chi connectivity index (χ1n) is 3.23. The Morgan fingerprint density at radius 1 is 1.55 bits per heavy atom. The van der Waals surface area contributed by atoms with Crippen molar-refractivity contribution in [3.05, 3.63) is 23.8 Å². The smallest absolute Gasteiger partial charge is 0.181 e. The zero-order chi connectivity index (χ0) is 8.27. The Balaban J connectivity index is 3.01. The van der Waals surface area contributed by atoms with Crippen LogP contribution in [0.5, 0.6) is 5.75 Å². The second-order valence-corrected chi connectivity index (χ2v) is 2.26. The fourth-order valence-electron chi connectivity index (χ4n) is 0.790. The lowest BCUT2D eigenvalue weighted by Crippen LogP contribution is -1.91. The second-order valence-electron chi connectivity index (χ2n) is 2.26. The van der Waals surface area contributed by atoms with Crippen molar-refractivity contribution >= 4 is 12.4 Å². The highest BCUT2D eigenvalue weighted by atomic mass is 16.6. The van der Waals surface area contributed by atoms with Crippen LogP contribution in [0, 0.1) is 6.92 Å². The van der Waals surface area contributed by atoms with Gasteiger partial charge in [-0.05, 0) is 24.6 Å². The van der Waals surface area contributed by atoms with Gasteiger partial charge in [-0.25, -0.2) is 0 Å². The van der Waals surface area contributed by atoms with E-state index in [-0.39, 0.29) is 0 Å². The van der Waals surface area contributed by atoms with Gasteiger partial charge in [-0.2, -0.15) is 0 Å². The molecule has 0 bridgehead atoms. The highest BCUT2D eigenvalue weighted by Gasteiger charge is 1.98. The Morgan fingerprint density at radius 2 is 2.27 bits per heavy atom. The monoisotopic (exact) mass is 150 g/mol. The average Bonchev–Trinajstić information content (AvgIpc) is 1.98. The number of oxime groups is 1. The average molecular weight is 150 g/mol. The Morgan fingerprint density at radius 3 is 2.91 bits per heavy atom. The molecule has 0 aliphatic carbocycles. The van der Waals surface area contributed by atoms with E-state index in [1.807, 2.05) is 19.1 Å². The Labute approximate surface area is 65.5 Å². The quantitative estimate of drug-likeness (QED) is 0.395. The van der Waals surface area contributed by atoms with E-state index in [4.69, 9.17) is 10.6 Å². The van der Waals surface area contributed by atoms with Crippen LogP contribution >= 0.6 is 0 Å². The zero-order valence-corrected chi connectivity index (χ0v) is 6.37. The minimum atomic E-state index is 0.556. The summed E-state index contributed by atoms with van der Waals surface area (Å²) >= 11 is 0. The van der Waals surface area contributed by atoms with Gasteiger partial charge in [0.05, 0.1) is 5.69 Å². The van der Waals surface area contributed by atoms with Crippen LogP contribution in [-0.2, 0) is 0 Å². The van der Waals surface area contributed by atoms with Crippen LogP contribution < -0.4 is 10.6 Å². The van der Waals surface area contributed by atoms with Gasteiger partial charge in [0.2, 0.25) is 0 Å². The van der Waals surface area contributed by atoms with Crippen molar-refractivity contribution in [2.75, 3.05) is 5.73 Å². The van der Waals surface area contributed by atoms with Crippen LogP contribution in [0.15, 0.2) is 23.4 Å². The van der Waals surface area contributed by atoms with E-state index in [9.17, 15) is 0 Å². The third kappa shape index (κ3) is 1.70. The number of nitrogens with zero attached hydrogens (tertiary/aromatic N) is 1. The molecule has 3 nitrogen and oxygen atoms in total. The topological polar surface area (TPSA) is 47.6 Å². The molecular formula is C8H10N2O. The molecule has 0 aliphatic heterocycles. The van der Waals surface area contributed by atoms with Gasteiger partial charge in [0.1, 0.15) is 0 Å². The Hall–Kier alpha value is -1.51. The highest BCUT2D eigenvalue weighted by molar-refractivity contribution is 5.53. The summed E-state index contributed by atoms with van der Waals surface area (Å²) in [5, 5.41) is 3.28. The molecule has 0 amide bonds. The van der Waals surface area contributed by atoms with E-state index in [0.29, 0.717) is 11.4 Å². The van der Waals surface area contributed by atoms with E-state index < -0.39 is 0 Å². The molecule has 1 aromatic rings. The largest absolute Gasteiger partial charge is 0.396 e. The van der Waals surface area contributed by atoms with Crippen molar-refractivity contribution in [2.45, 2.75) is 6.92 Å². The van der Waals surface area contributed by atoms with Gasteiger partial charge in [0.25, 0.3) is 0 Å². The molecule has 11 heavy (non-hydrogen) atoms. The lowest BCUT2D eigenvalue weighted by Gasteiger charge is -2.02. The molecule has 58 valence electrons. The summed E-state index contributed by atoms with van der Waals surface area (Å²) in [7, 11) is 0. The van der Waals surface area contributed by atoms with Crippen LogP contribution in [0.2, 0.25) is 0 Å². The van der Waals surface area contributed by atoms with Gasteiger partial charge in [-0.15, -0.1) is 0 Å². The van der Waals surface area contributed by atoms with Gasteiger partial charge in [-0.3, -0.25) is 0 Å². The molecule has 0 saturated heterocycles. The van der Waals surface area contributed by atoms with E-state index in [2.05, 4.69) is 11.9 Å². The molecule has 0 saturated carbocycles. The summed E-state index contributed by atoms with van der Waals surface area (Å²) in [6, 6.07) is 5.49. The van der Waals surface area contributed by atoms with Crippen molar-refractivity contribution < 1.29 is 4.84 Å². The molecule has 0 fully saturated rings. The number of hydrogen-bond donors (Lipinski definition) is 1. The molecule has 0 atom stereocenters. The molecular weight excluding hydrogens is 140 g/mol. The van der Waals surface area contributed by atoms with Gasteiger partial charge in [0.15, 0.2) is 5.75 Å². The maximum absolute atomic E-state index is 5.56. The van der Waals surface area contributed by atoms with Gasteiger partial charge in [-0.1, -0.05) is 11.2 Å². The van der Waals surface area contributed by atoms with E-state index in [1.54, 1.807) is 6.07 Å². The number of hydrogen-bond acceptors (Lipinski definition) is 3. The van der Waals surface area contributed by atoms with Crippen LogP contribution in [0.25, 0.3) is 0 Å². The Kier molecular flexibility index (Phi) is 2.11. The predicted octanol–water partition coefficient (Wildman–Crippen LogP) is 1.57. The van der Waals surface area contributed by atoms with Crippen LogP contribution in [0.4, 0.5) is 5.69 Å². The normalized spacial score (nSPS) is 9.18. The summed E-state index contributed by atoms with van der Waals surface area (Å²) in [6.45, 7) is 5.15. The first kappa shape index (κ1) is 7.60. The van der Waals surface area contributed by atoms with Crippen molar-refractivity contribution in [3.8, 4) is 5.75 Å². The molecule has 0 radical (unpaired) electrons. The fourth-order valence-corrected chi connectivity index (χ4v) is 0.790. The number of nitrogen functional groups attached to an aromatic ring is 1. The van der Waals surface area contributed by atoms with Gasteiger partial charge >= 0.3 is 0 Å². The molecule has 2 N–H and O–H groups in total. The van der Waals surface area contributed by atoms with Crippen molar-refractivity contribution in [3.63, 3.8) is 0 Å². The molecule has 0 heterocycles. The Bertz CT molecular complexity index is 271. The molecule has 1 aromatic carbocycles. The molecule has 0 aliphatic rings. The lowest BCUT2D eigenvalue weighted by atomic mass is 10.2. The van der Waals surface area contributed by atoms with E-state index in [0.717, 1.165) is 5.56 Å². The molecule has 3 heteroatoms. The molecule has 1 rings (SSSR count). The summed E-state index contributed by atoms with van der Waals surface area (Å²) < 4.78 is 0. The molecule has 0 unspecified atom stereocenters. The summed E-state index contributed by atoms with van der Waals surface area (Å²) in [5.74, 6) is 0.556.